The van der Waals surface area contributed by atoms with Gasteiger partial charge in [0.1, 0.15) is 29.6 Å². The van der Waals surface area contributed by atoms with Crippen molar-refractivity contribution in [2.24, 2.45) is 0 Å². The summed E-state index contributed by atoms with van der Waals surface area (Å²) in [5.74, 6) is -1.90. The van der Waals surface area contributed by atoms with Gasteiger partial charge in [0.05, 0.1) is 47.7 Å². The summed E-state index contributed by atoms with van der Waals surface area (Å²) in [6, 6.07) is 18.5. The van der Waals surface area contributed by atoms with Crippen molar-refractivity contribution in [3.63, 3.8) is 0 Å². The number of hydrogen-bond donors (Lipinski definition) is 0. The van der Waals surface area contributed by atoms with Gasteiger partial charge in [-0.3, -0.25) is 0 Å². The van der Waals surface area contributed by atoms with Gasteiger partial charge in [0.25, 0.3) is 0 Å². The maximum atomic E-state index is 15.7. The zero-order chi connectivity index (χ0) is 31.5. The SMILES string of the molecule is CCOC(=O)c1ccc2nc(Cc3ccc(-c4cccc(OCc5ccc(C#N)cc5F)n4)c(F)c3)n(CC3CCO3)c2c1F. The van der Waals surface area contributed by atoms with Crippen LogP contribution in [0.15, 0.2) is 66.7 Å². The van der Waals surface area contributed by atoms with Crippen molar-refractivity contribution in [3.05, 3.63) is 112 Å². The Bertz CT molecular complexity index is 1950. The molecular formula is C34H27F3N4O4. The number of rotatable bonds is 10. The monoisotopic (exact) mass is 612 g/mol. The van der Waals surface area contributed by atoms with Gasteiger partial charge < -0.3 is 18.8 Å². The number of carbonyl (C=O) groups excluding carboxylic acids is 1. The number of halogens is 3. The van der Waals surface area contributed by atoms with Crippen molar-refractivity contribution < 1.29 is 32.2 Å². The summed E-state index contributed by atoms with van der Waals surface area (Å²) in [5, 5.41) is 8.92. The summed E-state index contributed by atoms with van der Waals surface area (Å²) in [5.41, 5.74) is 1.97. The van der Waals surface area contributed by atoms with E-state index < -0.39 is 23.4 Å². The Kier molecular flexibility index (Phi) is 8.49. The second kappa shape index (κ2) is 12.8. The normalized spacial score (nSPS) is 14.2. The summed E-state index contributed by atoms with van der Waals surface area (Å²) >= 11 is 0. The second-order valence-electron chi connectivity index (χ2n) is 10.5. The van der Waals surface area contributed by atoms with Crippen LogP contribution in [0.1, 0.15) is 46.2 Å². The standard InChI is InChI=1S/C34H27F3N4O4/c1-2-43-34(42)25-10-11-29-33(32(25)37)41(18-23-12-13-44-23)30(39-29)16-20-7-9-24(27(36)14-20)28-4-3-5-31(40-28)45-19-22-8-6-21(17-38)15-26(22)35/h3-11,14-15,23H,2,12-13,16,18-19H2,1H3. The summed E-state index contributed by atoms with van der Waals surface area (Å²) in [4.78, 5) is 21.4. The largest absolute Gasteiger partial charge is 0.473 e. The van der Waals surface area contributed by atoms with E-state index in [1.165, 1.54) is 24.3 Å². The topological polar surface area (TPSA) is 99.3 Å². The van der Waals surface area contributed by atoms with Crippen molar-refractivity contribution in [1.82, 2.24) is 14.5 Å². The number of hydrogen-bond acceptors (Lipinski definition) is 7. The van der Waals surface area contributed by atoms with Crippen molar-refractivity contribution in [3.8, 4) is 23.2 Å². The molecule has 0 N–H and O–H groups in total. The highest BCUT2D eigenvalue weighted by Gasteiger charge is 2.26. The van der Waals surface area contributed by atoms with Crippen LogP contribution in [-0.2, 0) is 29.0 Å². The minimum absolute atomic E-state index is 0.115. The average molecular weight is 613 g/mol. The number of esters is 1. The lowest BCUT2D eigenvalue weighted by atomic mass is 10.1. The molecule has 8 nitrogen and oxygen atoms in total. The molecule has 11 heteroatoms. The third-order valence-electron chi connectivity index (χ3n) is 7.55. The van der Waals surface area contributed by atoms with Gasteiger partial charge >= 0.3 is 5.97 Å². The number of nitrogens with zero attached hydrogens (tertiary/aromatic N) is 4. The molecule has 1 aliphatic heterocycles. The first-order valence-corrected chi connectivity index (χ1v) is 14.4. The molecule has 1 atom stereocenters. The van der Waals surface area contributed by atoms with E-state index in [1.54, 1.807) is 47.9 Å². The number of nitriles is 1. The van der Waals surface area contributed by atoms with Crippen LogP contribution in [-0.4, -0.2) is 39.8 Å². The Morgan fingerprint density at radius 3 is 2.62 bits per heavy atom. The quantitative estimate of drug-likeness (QED) is 0.166. The van der Waals surface area contributed by atoms with Gasteiger partial charge in [-0.05, 0) is 61.4 Å². The fourth-order valence-electron chi connectivity index (χ4n) is 5.15. The minimum atomic E-state index is -0.756. The van der Waals surface area contributed by atoms with Gasteiger partial charge in [0.15, 0.2) is 5.82 Å². The van der Waals surface area contributed by atoms with Crippen molar-refractivity contribution in [1.29, 1.82) is 5.26 Å². The molecule has 0 saturated carbocycles. The molecule has 2 aromatic heterocycles. The van der Waals surface area contributed by atoms with Gasteiger partial charge in [-0.25, -0.2) is 27.9 Å². The number of ether oxygens (including phenoxy) is 3. The Morgan fingerprint density at radius 1 is 1.07 bits per heavy atom. The van der Waals surface area contributed by atoms with Crippen LogP contribution >= 0.6 is 0 Å². The lowest BCUT2D eigenvalue weighted by molar-refractivity contribution is -0.0590. The first kappa shape index (κ1) is 29.8. The van der Waals surface area contributed by atoms with E-state index >= 15 is 8.78 Å². The van der Waals surface area contributed by atoms with Crippen molar-refractivity contribution >= 4 is 17.0 Å². The van der Waals surface area contributed by atoms with Crippen LogP contribution in [0.4, 0.5) is 13.2 Å². The van der Waals surface area contributed by atoms with Gasteiger partial charge in [-0.2, -0.15) is 5.26 Å². The molecule has 0 radical (unpaired) electrons. The Labute approximate surface area is 256 Å². The molecule has 5 aromatic rings. The fourth-order valence-corrected chi connectivity index (χ4v) is 5.15. The van der Waals surface area contributed by atoms with Crippen LogP contribution in [0, 0.1) is 28.8 Å². The van der Waals surface area contributed by atoms with E-state index in [1.807, 2.05) is 6.07 Å². The average Bonchev–Trinajstić information content (AvgIpc) is 3.36. The van der Waals surface area contributed by atoms with Gasteiger partial charge in [-0.1, -0.05) is 18.2 Å². The molecule has 228 valence electrons. The molecule has 0 spiro atoms. The van der Waals surface area contributed by atoms with E-state index in [4.69, 9.17) is 19.5 Å². The molecule has 0 bridgehead atoms. The van der Waals surface area contributed by atoms with Gasteiger partial charge in [0.2, 0.25) is 5.88 Å². The van der Waals surface area contributed by atoms with E-state index in [-0.39, 0.29) is 59.4 Å². The highest BCUT2D eigenvalue weighted by Crippen LogP contribution is 2.29. The maximum Gasteiger partial charge on any atom is 0.341 e. The summed E-state index contributed by atoms with van der Waals surface area (Å²) in [6.07, 6.45) is 0.874. The van der Waals surface area contributed by atoms with E-state index in [9.17, 15) is 9.18 Å². The first-order chi connectivity index (χ1) is 21.8. The summed E-state index contributed by atoms with van der Waals surface area (Å²) in [6.45, 7) is 2.59. The minimum Gasteiger partial charge on any atom is -0.473 e. The van der Waals surface area contributed by atoms with Gasteiger partial charge in [-0.15, -0.1) is 0 Å². The van der Waals surface area contributed by atoms with Crippen molar-refractivity contribution in [2.45, 2.75) is 39.0 Å². The predicted molar refractivity (Wildman–Crippen MR) is 158 cm³/mol. The smallest absolute Gasteiger partial charge is 0.341 e. The zero-order valence-corrected chi connectivity index (χ0v) is 24.2. The molecule has 1 unspecified atom stereocenters. The lowest BCUT2D eigenvalue weighted by Gasteiger charge is -2.27. The molecule has 6 rings (SSSR count). The predicted octanol–water partition coefficient (Wildman–Crippen LogP) is 6.52. The number of aromatic nitrogens is 3. The first-order valence-electron chi connectivity index (χ1n) is 14.4. The Hall–Kier alpha value is -5.21. The Balaban J connectivity index is 1.25. The third-order valence-corrected chi connectivity index (χ3v) is 7.55. The summed E-state index contributed by atoms with van der Waals surface area (Å²) < 4.78 is 63.3. The highest BCUT2D eigenvalue weighted by atomic mass is 19.1. The molecule has 45 heavy (non-hydrogen) atoms. The number of pyridine rings is 1. The highest BCUT2D eigenvalue weighted by molar-refractivity contribution is 5.94. The van der Waals surface area contributed by atoms with Crippen LogP contribution in [0.3, 0.4) is 0 Å². The van der Waals surface area contributed by atoms with Crippen LogP contribution in [0.2, 0.25) is 0 Å². The van der Waals surface area contributed by atoms with Gasteiger partial charge in [0, 0.05) is 30.2 Å². The molecule has 0 aliphatic carbocycles. The van der Waals surface area contributed by atoms with E-state index in [0.29, 0.717) is 35.8 Å². The molecule has 1 aliphatic rings. The molecule has 1 fully saturated rings. The number of fused-ring (bicyclic) bond motifs is 1. The lowest BCUT2D eigenvalue weighted by Crippen LogP contribution is -2.32. The van der Waals surface area contributed by atoms with E-state index in [2.05, 4.69) is 9.97 Å². The molecule has 1 saturated heterocycles. The fraction of sp³-hybridized carbons (Fsp3) is 0.235. The second-order valence-corrected chi connectivity index (χ2v) is 10.5. The molecule has 3 aromatic carbocycles. The summed E-state index contributed by atoms with van der Waals surface area (Å²) in [7, 11) is 0. The number of benzene rings is 3. The number of carbonyl (C=O) groups is 1. The van der Waals surface area contributed by atoms with E-state index in [0.717, 1.165) is 12.5 Å². The molecule has 3 heterocycles. The maximum absolute atomic E-state index is 15.7. The van der Waals surface area contributed by atoms with Crippen molar-refractivity contribution in [2.75, 3.05) is 13.2 Å². The third kappa shape index (κ3) is 6.23. The van der Waals surface area contributed by atoms with Crippen LogP contribution in [0.5, 0.6) is 5.88 Å². The Morgan fingerprint density at radius 2 is 1.91 bits per heavy atom. The zero-order valence-electron chi connectivity index (χ0n) is 24.2. The van der Waals surface area contributed by atoms with Crippen LogP contribution in [0.25, 0.3) is 22.3 Å². The molecular weight excluding hydrogens is 585 g/mol. The van der Waals surface area contributed by atoms with Crippen LogP contribution < -0.4 is 4.74 Å². The molecule has 0 amide bonds. The number of imidazole rings is 1.